The van der Waals surface area contributed by atoms with E-state index in [1.807, 2.05) is 31.4 Å². The van der Waals surface area contributed by atoms with Gasteiger partial charge in [0, 0.05) is 51.8 Å². The van der Waals surface area contributed by atoms with E-state index in [4.69, 9.17) is 14.2 Å². The second-order valence-electron chi connectivity index (χ2n) is 15.5. The van der Waals surface area contributed by atoms with E-state index in [1.54, 1.807) is 56.4 Å². The number of carbonyl (C=O) groups excluding carboxylic acids is 4. The smallest absolute Gasteiger partial charge is 0.407 e. The maximum absolute atomic E-state index is 14.5. The molecule has 2 aliphatic carbocycles. The van der Waals surface area contributed by atoms with E-state index in [1.165, 1.54) is 13.5 Å². The van der Waals surface area contributed by atoms with Crippen molar-refractivity contribution in [2.75, 3.05) is 19.0 Å². The number of benzene rings is 2. The minimum atomic E-state index is -0.732. The van der Waals surface area contributed by atoms with Crippen LogP contribution in [0.5, 0.6) is 5.75 Å². The van der Waals surface area contributed by atoms with Crippen molar-refractivity contribution in [3.8, 4) is 27.3 Å². The third kappa shape index (κ3) is 7.70. The summed E-state index contributed by atoms with van der Waals surface area (Å²) in [7, 11) is 1.26. The van der Waals surface area contributed by atoms with Crippen LogP contribution in [0.4, 0.5) is 10.5 Å². The van der Waals surface area contributed by atoms with Crippen LogP contribution in [-0.2, 0) is 22.4 Å². The van der Waals surface area contributed by atoms with Crippen LogP contribution in [0.3, 0.4) is 0 Å². The third-order valence-corrected chi connectivity index (χ3v) is 11.5. The van der Waals surface area contributed by atoms with Crippen LogP contribution in [0.2, 0.25) is 0 Å². The lowest BCUT2D eigenvalue weighted by molar-refractivity contribution is 0.0521. The summed E-state index contributed by atoms with van der Waals surface area (Å²) >= 11 is 1.58. The number of rotatable bonds is 8. The highest BCUT2D eigenvalue weighted by Crippen LogP contribution is 2.45. The Morgan fingerprint density at radius 1 is 0.944 bits per heavy atom. The number of methoxy groups -OCH3 is 1. The van der Waals surface area contributed by atoms with E-state index in [2.05, 4.69) is 27.0 Å². The van der Waals surface area contributed by atoms with Crippen LogP contribution in [0.1, 0.15) is 100 Å². The minimum Gasteiger partial charge on any atom is -0.493 e. The monoisotopic (exact) mass is 750 g/mol. The van der Waals surface area contributed by atoms with Gasteiger partial charge in [0.1, 0.15) is 17.0 Å². The van der Waals surface area contributed by atoms with E-state index in [0.717, 1.165) is 52.0 Å². The predicted molar refractivity (Wildman–Crippen MR) is 207 cm³/mol. The summed E-state index contributed by atoms with van der Waals surface area (Å²) in [5.41, 5.74) is 5.42. The van der Waals surface area contributed by atoms with Crippen LogP contribution in [0.15, 0.2) is 47.8 Å². The molecule has 4 aromatic rings. The number of pyridine rings is 1. The molecule has 2 aromatic heterocycles. The number of nitrogens with zero attached hydrogens (tertiary/aromatic N) is 1. The average molecular weight is 751 g/mol. The minimum absolute atomic E-state index is 0.0771. The van der Waals surface area contributed by atoms with Crippen molar-refractivity contribution in [3.63, 3.8) is 0 Å². The number of amides is 3. The van der Waals surface area contributed by atoms with Crippen molar-refractivity contribution in [1.82, 2.24) is 15.6 Å². The molecule has 12 heteroatoms. The van der Waals surface area contributed by atoms with Gasteiger partial charge in [-0.25, -0.2) is 14.6 Å². The van der Waals surface area contributed by atoms with E-state index in [0.29, 0.717) is 53.0 Å². The number of anilines is 1. The highest BCUT2D eigenvalue weighted by Gasteiger charge is 2.40. The molecule has 2 bridgehead atoms. The Morgan fingerprint density at radius 3 is 2.41 bits per heavy atom. The standard InChI is InChI=1S/C42H46N4O7S/c1-22-15-25(21-43-41(50)53-42(3,4)5)16-23(2)35(22)46-38(47)30-19-31-34(52-13-11-26-12-14-54-37(26)31)20-29(30)28-9-10-32(44-36(28)40(49)51-6)39(48)45-33-18-24-7-8-27(33)17-24/h9-10,12,14-16,19-20,24,27,33H,7-8,11,13,17-18,21H2,1-6H3,(H,43,50)(H,45,48)(H,46,47)/t24-,27+,33+/m1/s1. The first-order valence-corrected chi connectivity index (χ1v) is 19.3. The van der Waals surface area contributed by atoms with Gasteiger partial charge in [-0.1, -0.05) is 18.6 Å². The fourth-order valence-electron chi connectivity index (χ4n) is 8.07. The molecule has 3 N–H and O–H groups in total. The molecule has 0 radical (unpaired) electrons. The van der Waals surface area contributed by atoms with Crippen molar-refractivity contribution in [2.24, 2.45) is 11.8 Å². The summed E-state index contributed by atoms with van der Waals surface area (Å²) in [5, 5.41) is 11.1. The van der Waals surface area contributed by atoms with Gasteiger partial charge in [-0.05, 0) is 124 Å². The van der Waals surface area contributed by atoms with Gasteiger partial charge < -0.3 is 30.2 Å². The fraction of sp³-hybridized carbons (Fsp3) is 0.405. The quantitative estimate of drug-likeness (QED) is 0.154. The summed E-state index contributed by atoms with van der Waals surface area (Å²) in [6, 6.07) is 12.8. The van der Waals surface area contributed by atoms with Gasteiger partial charge in [-0.15, -0.1) is 11.3 Å². The molecule has 3 aliphatic rings. The highest BCUT2D eigenvalue weighted by molar-refractivity contribution is 7.13. The number of hydrogen-bond acceptors (Lipinski definition) is 9. The molecule has 0 saturated heterocycles. The Balaban J connectivity index is 1.24. The lowest BCUT2D eigenvalue weighted by atomic mass is 9.93. The highest BCUT2D eigenvalue weighted by atomic mass is 32.1. The summed E-state index contributed by atoms with van der Waals surface area (Å²) < 4.78 is 16.8. The molecule has 2 fully saturated rings. The van der Waals surface area contributed by atoms with E-state index >= 15 is 0 Å². The number of alkyl carbamates (subject to hydrolysis) is 1. The number of fused-ring (bicyclic) bond motifs is 5. The Kier molecular flexibility index (Phi) is 10.2. The first kappa shape index (κ1) is 37.1. The Bertz CT molecular complexity index is 2130. The molecule has 3 heterocycles. The number of aryl methyl sites for hydroxylation is 2. The number of aromatic nitrogens is 1. The Morgan fingerprint density at radius 2 is 1.72 bits per heavy atom. The van der Waals surface area contributed by atoms with Gasteiger partial charge in [0.15, 0.2) is 5.69 Å². The first-order valence-electron chi connectivity index (χ1n) is 18.4. The normalized spacial score (nSPS) is 18.4. The van der Waals surface area contributed by atoms with E-state index in [-0.39, 0.29) is 29.9 Å². The molecule has 2 aromatic carbocycles. The molecule has 0 unspecified atom stereocenters. The van der Waals surface area contributed by atoms with Gasteiger partial charge >= 0.3 is 12.1 Å². The molecular weight excluding hydrogens is 705 g/mol. The summed E-state index contributed by atoms with van der Waals surface area (Å²) in [6.07, 6.45) is 4.61. The lowest BCUT2D eigenvalue weighted by Crippen LogP contribution is -2.39. The maximum atomic E-state index is 14.5. The first-order chi connectivity index (χ1) is 25.8. The van der Waals surface area contributed by atoms with Crippen LogP contribution in [-0.4, -0.2) is 54.2 Å². The molecule has 1 aliphatic heterocycles. The fourth-order valence-corrected chi connectivity index (χ4v) is 9.04. The van der Waals surface area contributed by atoms with Gasteiger partial charge in [-0.3, -0.25) is 9.59 Å². The van der Waals surface area contributed by atoms with Crippen LogP contribution in [0.25, 0.3) is 21.6 Å². The molecular formula is C42H46N4O7S. The van der Waals surface area contributed by atoms with Gasteiger partial charge in [-0.2, -0.15) is 0 Å². The second kappa shape index (κ2) is 14.9. The van der Waals surface area contributed by atoms with E-state index in [9.17, 15) is 19.2 Å². The third-order valence-electron chi connectivity index (χ3n) is 10.5. The van der Waals surface area contributed by atoms with Crippen molar-refractivity contribution in [2.45, 2.75) is 84.9 Å². The van der Waals surface area contributed by atoms with Crippen LogP contribution >= 0.6 is 11.3 Å². The number of esters is 1. The number of ether oxygens (including phenoxy) is 3. The Labute approximate surface area is 319 Å². The van der Waals surface area contributed by atoms with Crippen LogP contribution in [0, 0.1) is 25.7 Å². The van der Waals surface area contributed by atoms with Gasteiger partial charge in [0.05, 0.1) is 13.7 Å². The van der Waals surface area contributed by atoms with Crippen molar-refractivity contribution in [1.29, 1.82) is 0 Å². The number of hydrogen-bond donors (Lipinski definition) is 3. The average Bonchev–Trinajstić information content (AvgIpc) is 3.87. The zero-order valence-electron chi connectivity index (χ0n) is 31.5. The zero-order valence-corrected chi connectivity index (χ0v) is 32.3. The van der Waals surface area contributed by atoms with Crippen LogP contribution < -0.4 is 20.7 Å². The largest absolute Gasteiger partial charge is 0.493 e. The zero-order chi connectivity index (χ0) is 38.3. The summed E-state index contributed by atoms with van der Waals surface area (Å²) in [5.74, 6) is 0.220. The maximum Gasteiger partial charge on any atom is 0.407 e. The summed E-state index contributed by atoms with van der Waals surface area (Å²) in [4.78, 5) is 59.2. The second-order valence-corrected chi connectivity index (χ2v) is 16.4. The molecule has 7 rings (SSSR count). The molecule has 282 valence electrons. The van der Waals surface area contributed by atoms with Crippen molar-refractivity contribution >= 4 is 40.9 Å². The summed E-state index contributed by atoms with van der Waals surface area (Å²) in [6.45, 7) is 9.90. The van der Waals surface area contributed by atoms with Gasteiger partial charge in [0.25, 0.3) is 11.8 Å². The van der Waals surface area contributed by atoms with Crippen molar-refractivity contribution in [3.05, 3.63) is 87.0 Å². The lowest BCUT2D eigenvalue weighted by Gasteiger charge is -2.23. The number of nitrogens with one attached hydrogen (secondary N) is 3. The molecule has 2 saturated carbocycles. The van der Waals surface area contributed by atoms with Crippen molar-refractivity contribution < 1.29 is 33.4 Å². The molecule has 0 spiro atoms. The predicted octanol–water partition coefficient (Wildman–Crippen LogP) is 8.01. The molecule has 11 nitrogen and oxygen atoms in total. The van der Waals surface area contributed by atoms with E-state index < -0.39 is 23.6 Å². The molecule has 3 amide bonds. The number of thiophene rings is 1. The number of carbonyl (C=O) groups is 4. The molecule has 54 heavy (non-hydrogen) atoms. The Hall–Kier alpha value is -5.23. The van der Waals surface area contributed by atoms with Gasteiger partial charge in [0.2, 0.25) is 0 Å². The molecule has 3 atom stereocenters. The SMILES string of the molecule is COC(=O)c1nc(C(=O)N[C@H]2C[C@@H]3CC[C@H]2C3)ccc1-c1cc2c(cc1C(=O)Nc1c(C)cc(CNC(=O)OC(C)(C)C)cc1C)-c1sccc1CCO2. The topological polar surface area (TPSA) is 145 Å².